The molecule has 112 valence electrons. The van der Waals surface area contributed by atoms with E-state index in [0.717, 1.165) is 15.7 Å². The molecule has 3 aromatic rings. The molecular weight excluding hydrogens is 343 g/mol. The van der Waals surface area contributed by atoms with Crippen molar-refractivity contribution in [3.05, 3.63) is 59.1 Å². The number of rotatable bonds is 5. The van der Waals surface area contributed by atoms with Crippen LogP contribution in [0.15, 0.2) is 46.9 Å². The van der Waals surface area contributed by atoms with Gasteiger partial charge in [-0.1, -0.05) is 46.8 Å². The molecule has 1 N–H and O–H groups in total. The molecular formula is C14H10ClFN4S2. The molecule has 0 aliphatic carbocycles. The number of pyridine rings is 1. The third-order valence-electron chi connectivity index (χ3n) is 2.63. The van der Waals surface area contributed by atoms with Gasteiger partial charge in [-0.15, -0.1) is 10.2 Å². The fourth-order valence-electron chi connectivity index (χ4n) is 1.65. The molecule has 0 unspecified atom stereocenters. The summed E-state index contributed by atoms with van der Waals surface area (Å²) in [6.45, 7) is 0. The van der Waals surface area contributed by atoms with E-state index in [1.165, 1.54) is 23.5 Å². The summed E-state index contributed by atoms with van der Waals surface area (Å²) >= 11 is 8.73. The zero-order valence-electron chi connectivity index (χ0n) is 11.2. The van der Waals surface area contributed by atoms with Crippen LogP contribution in [-0.2, 0) is 5.75 Å². The Hall–Kier alpha value is -1.70. The minimum Gasteiger partial charge on any atom is -0.330 e. The molecule has 2 heterocycles. The minimum atomic E-state index is -0.292. The Morgan fingerprint density at radius 1 is 1.23 bits per heavy atom. The number of halogens is 2. The van der Waals surface area contributed by atoms with Crippen molar-refractivity contribution in [2.75, 3.05) is 5.32 Å². The first-order valence-electron chi connectivity index (χ1n) is 6.28. The van der Waals surface area contributed by atoms with E-state index in [4.69, 9.17) is 11.6 Å². The van der Waals surface area contributed by atoms with Gasteiger partial charge in [0, 0.05) is 17.6 Å². The number of anilines is 2. The van der Waals surface area contributed by atoms with E-state index in [9.17, 15) is 4.39 Å². The van der Waals surface area contributed by atoms with Crippen molar-refractivity contribution < 1.29 is 4.39 Å². The normalized spacial score (nSPS) is 10.6. The summed E-state index contributed by atoms with van der Waals surface area (Å²) in [4.78, 5) is 4.03. The summed E-state index contributed by atoms with van der Waals surface area (Å²) in [6, 6.07) is 9.91. The number of nitrogens with zero attached hydrogens (tertiary/aromatic N) is 3. The van der Waals surface area contributed by atoms with Gasteiger partial charge >= 0.3 is 0 Å². The molecule has 4 nitrogen and oxygen atoms in total. The van der Waals surface area contributed by atoms with Crippen LogP contribution < -0.4 is 5.32 Å². The highest BCUT2D eigenvalue weighted by molar-refractivity contribution is 8.00. The molecule has 0 aliphatic rings. The number of hydrogen-bond donors (Lipinski definition) is 1. The molecule has 1 aromatic carbocycles. The molecule has 8 heteroatoms. The third kappa shape index (κ3) is 4.16. The van der Waals surface area contributed by atoms with E-state index < -0.39 is 0 Å². The molecule has 0 bridgehead atoms. The molecule has 2 aromatic heterocycles. The largest absolute Gasteiger partial charge is 0.330 e. The Morgan fingerprint density at radius 2 is 2.14 bits per heavy atom. The zero-order chi connectivity index (χ0) is 15.4. The van der Waals surface area contributed by atoms with Gasteiger partial charge in [0.2, 0.25) is 5.13 Å². The quantitative estimate of drug-likeness (QED) is 0.530. The Bertz CT molecular complexity index is 764. The summed E-state index contributed by atoms with van der Waals surface area (Å²) in [6.07, 6.45) is 1.74. The van der Waals surface area contributed by atoms with Crippen molar-refractivity contribution in [3.8, 4) is 0 Å². The average molecular weight is 353 g/mol. The predicted octanol–water partition coefficient (Wildman–Crippen LogP) is 4.76. The Morgan fingerprint density at radius 3 is 2.91 bits per heavy atom. The number of aromatic nitrogens is 3. The summed E-state index contributed by atoms with van der Waals surface area (Å²) in [5.74, 6) is 0.443. The van der Waals surface area contributed by atoms with Gasteiger partial charge < -0.3 is 5.32 Å². The van der Waals surface area contributed by atoms with Crippen molar-refractivity contribution in [3.63, 3.8) is 0 Å². The van der Waals surface area contributed by atoms with Crippen LogP contribution in [0.4, 0.5) is 15.2 Å². The van der Waals surface area contributed by atoms with Crippen LogP contribution in [0.1, 0.15) is 5.56 Å². The second-order valence-electron chi connectivity index (χ2n) is 4.29. The average Bonchev–Trinajstić information content (AvgIpc) is 2.94. The van der Waals surface area contributed by atoms with Gasteiger partial charge in [-0.2, -0.15) is 0 Å². The highest BCUT2D eigenvalue weighted by atomic mass is 35.5. The highest BCUT2D eigenvalue weighted by Gasteiger charge is 2.06. The molecule has 22 heavy (non-hydrogen) atoms. The maximum atomic E-state index is 13.1. The van der Waals surface area contributed by atoms with Crippen LogP contribution in [0.25, 0.3) is 0 Å². The minimum absolute atomic E-state index is 0.292. The van der Waals surface area contributed by atoms with Crippen molar-refractivity contribution in [1.82, 2.24) is 15.2 Å². The van der Waals surface area contributed by atoms with Crippen LogP contribution in [0.2, 0.25) is 5.15 Å². The van der Waals surface area contributed by atoms with Gasteiger partial charge in [0.05, 0.1) is 0 Å². The van der Waals surface area contributed by atoms with Crippen molar-refractivity contribution in [2.24, 2.45) is 0 Å². The molecule has 0 fully saturated rings. The predicted molar refractivity (Wildman–Crippen MR) is 88.4 cm³/mol. The standard InChI is InChI=1S/C14H10ClFN4S2/c15-12-5-4-9(7-17-12)8-21-14-20-19-13(22-14)18-11-3-1-2-10(16)6-11/h1-7H,8H2,(H,18,19). The lowest BCUT2D eigenvalue weighted by molar-refractivity contribution is 0.628. The highest BCUT2D eigenvalue weighted by Crippen LogP contribution is 2.29. The van der Waals surface area contributed by atoms with Gasteiger partial charge in [-0.3, -0.25) is 0 Å². The number of nitrogens with one attached hydrogen (secondary N) is 1. The third-order valence-corrected chi connectivity index (χ3v) is 4.90. The van der Waals surface area contributed by atoms with Gasteiger partial charge in [-0.05, 0) is 29.8 Å². The number of thioether (sulfide) groups is 1. The van der Waals surface area contributed by atoms with Gasteiger partial charge in [-0.25, -0.2) is 9.37 Å². The van der Waals surface area contributed by atoms with Crippen LogP contribution in [-0.4, -0.2) is 15.2 Å². The molecule has 0 saturated heterocycles. The molecule has 0 amide bonds. The van der Waals surface area contributed by atoms with E-state index in [1.54, 1.807) is 36.2 Å². The zero-order valence-corrected chi connectivity index (χ0v) is 13.6. The molecule has 0 aliphatic heterocycles. The first kappa shape index (κ1) is 15.2. The van der Waals surface area contributed by atoms with Gasteiger partial charge in [0.1, 0.15) is 11.0 Å². The SMILES string of the molecule is Fc1cccc(Nc2nnc(SCc3ccc(Cl)nc3)s2)c1. The summed E-state index contributed by atoms with van der Waals surface area (Å²) in [5, 5.41) is 12.3. The topological polar surface area (TPSA) is 50.7 Å². The molecule has 0 saturated carbocycles. The molecule has 0 spiro atoms. The lowest BCUT2D eigenvalue weighted by Crippen LogP contribution is -1.89. The van der Waals surface area contributed by atoms with Gasteiger partial charge in [0.15, 0.2) is 4.34 Å². The lowest BCUT2D eigenvalue weighted by atomic mass is 10.3. The molecule has 3 rings (SSSR count). The molecule has 0 atom stereocenters. The van der Waals surface area contributed by atoms with E-state index in [-0.39, 0.29) is 5.82 Å². The summed E-state index contributed by atoms with van der Waals surface area (Å²) < 4.78 is 13.9. The molecule has 0 radical (unpaired) electrons. The first-order chi connectivity index (χ1) is 10.7. The van der Waals surface area contributed by atoms with E-state index in [2.05, 4.69) is 20.5 Å². The Labute approximate surface area is 139 Å². The lowest BCUT2D eigenvalue weighted by Gasteiger charge is -2.00. The fourth-order valence-corrected chi connectivity index (χ4v) is 3.46. The van der Waals surface area contributed by atoms with Crippen LogP contribution in [0.5, 0.6) is 0 Å². The maximum absolute atomic E-state index is 13.1. The van der Waals surface area contributed by atoms with E-state index >= 15 is 0 Å². The van der Waals surface area contributed by atoms with Crippen LogP contribution in [0, 0.1) is 5.82 Å². The first-order valence-corrected chi connectivity index (χ1v) is 8.46. The fraction of sp³-hybridized carbons (Fsp3) is 0.0714. The number of hydrogen-bond acceptors (Lipinski definition) is 6. The van der Waals surface area contributed by atoms with E-state index in [0.29, 0.717) is 16.0 Å². The Kier molecular flexibility index (Phi) is 4.87. The van der Waals surface area contributed by atoms with Crippen molar-refractivity contribution >= 4 is 45.5 Å². The van der Waals surface area contributed by atoms with Crippen molar-refractivity contribution in [2.45, 2.75) is 10.1 Å². The summed E-state index contributed by atoms with van der Waals surface area (Å²) in [5.41, 5.74) is 1.71. The second kappa shape index (κ2) is 7.04. The monoisotopic (exact) mass is 352 g/mol. The maximum Gasteiger partial charge on any atom is 0.210 e. The smallest absolute Gasteiger partial charge is 0.210 e. The van der Waals surface area contributed by atoms with Crippen LogP contribution in [0.3, 0.4) is 0 Å². The second-order valence-corrected chi connectivity index (χ2v) is 6.87. The Balaban J connectivity index is 1.60. The van der Waals surface area contributed by atoms with Gasteiger partial charge in [0.25, 0.3) is 0 Å². The van der Waals surface area contributed by atoms with E-state index in [1.807, 2.05) is 6.07 Å². The number of benzene rings is 1. The van der Waals surface area contributed by atoms with Crippen LogP contribution >= 0.6 is 34.7 Å². The summed E-state index contributed by atoms with van der Waals surface area (Å²) in [7, 11) is 0. The van der Waals surface area contributed by atoms with Crippen molar-refractivity contribution in [1.29, 1.82) is 0 Å².